The summed E-state index contributed by atoms with van der Waals surface area (Å²) in [4.78, 5) is 16.5. The molecule has 6 nitrogen and oxygen atoms in total. The summed E-state index contributed by atoms with van der Waals surface area (Å²) in [6, 6.07) is 15.6. The van der Waals surface area contributed by atoms with Crippen LogP contribution in [0, 0.1) is 6.92 Å². The highest BCUT2D eigenvalue weighted by Gasteiger charge is 2.09. The van der Waals surface area contributed by atoms with Gasteiger partial charge in [-0.3, -0.25) is 9.36 Å². The molecule has 0 spiro atoms. The number of hydrogen-bond donors (Lipinski definition) is 1. The van der Waals surface area contributed by atoms with Crippen molar-refractivity contribution in [3.05, 3.63) is 66.5 Å². The molecule has 0 aliphatic carbocycles. The molecule has 7 heteroatoms. The van der Waals surface area contributed by atoms with Crippen LogP contribution in [0.25, 0.3) is 5.69 Å². The Morgan fingerprint density at radius 1 is 1.14 bits per heavy atom. The maximum Gasteiger partial charge on any atom is 0.230 e. The zero-order valence-electron chi connectivity index (χ0n) is 16.6. The van der Waals surface area contributed by atoms with Crippen molar-refractivity contribution in [3.63, 3.8) is 0 Å². The minimum absolute atomic E-state index is 0.0518. The Morgan fingerprint density at radius 2 is 1.90 bits per heavy atom. The topological polar surface area (TPSA) is 65.4 Å². The van der Waals surface area contributed by atoms with Gasteiger partial charge in [0.15, 0.2) is 5.16 Å². The molecule has 0 saturated heterocycles. The van der Waals surface area contributed by atoms with E-state index in [1.165, 1.54) is 17.3 Å². The highest BCUT2D eigenvalue weighted by atomic mass is 32.2. The smallest absolute Gasteiger partial charge is 0.230 e. The third-order valence-corrected chi connectivity index (χ3v) is 5.01. The van der Waals surface area contributed by atoms with Crippen molar-refractivity contribution in [2.24, 2.45) is 0 Å². The number of carbonyl (C=O) groups is 1. The number of amides is 1. The third-order valence-electron chi connectivity index (χ3n) is 4.05. The average Bonchev–Trinajstić information content (AvgIpc) is 3.20. The van der Waals surface area contributed by atoms with Crippen molar-refractivity contribution in [2.75, 3.05) is 25.5 Å². The van der Waals surface area contributed by atoms with Gasteiger partial charge in [0.25, 0.3) is 0 Å². The van der Waals surface area contributed by atoms with Crippen LogP contribution in [0.1, 0.15) is 12.5 Å². The molecule has 3 rings (SSSR count). The number of ether oxygens (including phenoxy) is 2. The van der Waals surface area contributed by atoms with Gasteiger partial charge < -0.3 is 14.8 Å². The van der Waals surface area contributed by atoms with E-state index in [4.69, 9.17) is 9.47 Å². The molecule has 2 aromatic carbocycles. The van der Waals surface area contributed by atoms with E-state index in [1.807, 2.05) is 54.1 Å². The van der Waals surface area contributed by atoms with Crippen molar-refractivity contribution in [1.29, 1.82) is 0 Å². The molecular formula is C22H25N3O3S. The maximum absolute atomic E-state index is 12.1. The van der Waals surface area contributed by atoms with Crippen molar-refractivity contribution in [1.82, 2.24) is 14.9 Å². The van der Waals surface area contributed by atoms with E-state index < -0.39 is 0 Å². The normalized spacial score (nSPS) is 10.6. The van der Waals surface area contributed by atoms with Gasteiger partial charge in [-0.2, -0.15) is 0 Å². The van der Waals surface area contributed by atoms with E-state index in [0.717, 1.165) is 22.3 Å². The fourth-order valence-corrected chi connectivity index (χ4v) is 3.51. The Kier molecular flexibility index (Phi) is 7.58. The van der Waals surface area contributed by atoms with Gasteiger partial charge in [-0.15, -0.1) is 0 Å². The second kappa shape index (κ2) is 10.6. The Labute approximate surface area is 175 Å². The number of aryl methyl sites for hydroxylation is 1. The summed E-state index contributed by atoms with van der Waals surface area (Å²) in [5.41, 5.74) is 2.21. The molecule has 0 saturated carbocycles. The van der Waals surface area contributed by atoms with E-state index in [-0.39, 0.29) is 5.91 Å². The monoisotopic (exact) mass is 411 g/mol. The maximum atomic E-state index is 12.1. The molecule has 1 aromatic heterocycles. The Morgan fingerprint density at radius 3 is 2.62 bits per heavy atom. The zero-order chi connectivity index (χ0) is 20.5. The highest BCUT2D eigenvalue weighted by molar-refractivity contribution is 7.99. The summed E-state index contributed by atoms with van der Waals surface area (Å²) in [6.45, 7) is 5.48. The summed E-state index contributed by atoms with van der Waals surface area (Å²) in [6.07, 6.45) is 3.65. The summed E-state index contributed by atoms with van der Waals surface area (Å²) < 4.78 is 13.0. The standard InChI is InChI=1S/C22H25N3O3S/c1-3-27-19-7-9-20(10-8-19)28-14-12-23-21(26)16-29-22-24-11-13-25(22)18-6-4-5-17(2)15-18/h4-11,13,15H,3,12,14,16H2,1-2H3,(H,23,26). The summed E-state index contributed by atoms with van der Waals surface area (Å²) in [5.74, 6) is 1.81. The fraction of sp³-hybridized carbons (Fsp3) is 0.273. The summed E-state index contributed by atoms with van der Waals surface area (Å²) in [5, 5.41) is 3.66. The molecule has 1 amide bonds. The molecule has 0 aliphatic heterocycles. The van der Waals surface area contributed by atoms with Crippen molar-refractivity contribution >= 4 is 17.7 Å². The molecule has 1 N–H and O–H groups in total. The molecular weight excluding hydrogens is 386 g/mol. The molecule has 0 bridgehead atoms. The summed E-state index contributed by atoms with van der Waals surface area (Å²) >= 11 is 1.41. The molecule has 3 aromatic rings. The van der Waals surface area contributed by atoms with Gasteiger partial charge in [0.1, 0.15) is 18.1 Å². The van der Waals surface area contributed by atoms with E-state index in [0.29, 0.717) is 25.5 Å². The molecule has 29 heavy (non-hydrogen) atoms. The average molecular weight is 412 g/mol. The lowest BCUT2D eigenvalue weighted by atomic mass is 10.2. The number of nitrogens with zero attached hydrogens (tertiary/aromatic N) is 2. The van der Waals surface area contributed by atoms with Crippen LogP contribution in [0.2, 0.25) is 0 Å². The van der Waals surface area contributed by atoms with Crippen LogP contribution in [-0.2, 0) is 4.79 Å². The lowest BCUT2D eigenvalue weighted by Gasteiger charge is -2.10. The number of aromatic nitrogens is 2. The third kappa shape index (κ3) is 6.29. The van der Waals surface area contributed by atoms with E-state index >= 15 is 0 Å². The van der Waals surface area contributed by atoms with Gasteiger partial charge in [0.2, 0.25) is 5.91 Å². The largest absolute Gasteiger partial charge is 0.494 e. The van der Waals surface area contributed by atoms with Crippen molar-refractivity contribution < 1.29 is 14.3 Å². The van der Waals surface area contributed by atoms with Gasteiger partial charge in [-0.1, -0.05) is 23.9 Å². The van der Waals surface area contributed by atoms with Crippen LogP contribution in [0.5, 0.6) is 11.5 Å². The Bertz CT molecular complexity index is 925. The molecule has 0 fully saturated rings. The highest BCUT2D eigenvalue weighted by Crippen LogP contribution is 2.21. The zero-order valence-corrected chi connectivity index (χ0v) is 17.4. The first kappa shape index (κ1) is 20.8. The Hall–Kier alpha value is -2.93. The van der Waals surface area contributed by atoms with Crippen LogP contribution in [0.15, 0.2) is 66.1 Å². The van der Waals surface area contributed by atoms with E-state index in [9.17, 15) is 4.79 Å². The fourth-order valence-electron chi connectivity index (χ4n) is 2.71. The first-order valence-corrected chi connectivity index (χ1v) is 10.5. The van der Waals surface area contributed by atoms with Crippen molar-refractivity contribution in [2.45, 2.75) is 19.0 Å². The first-order valence-electron chi connectivity index (χ1n) is 9.51. The van der Waals surface area contributed by atoms with E-state index in [1.54, 1.807) is 6.20 Å². The molecule has 0 radical (unpaired) electrons. The number of rotatable bonds is 10. The number of benzene rings is 2. The SMILES string of the molecule is CCOc1ccc(OCCNC(=O)CSc2nccn2-c2cccc(C)c2)cc1. The van der Waals surface area contributed by atoms with E-state index in [2.05, 4.69) is 29.4 Å². The first-order chi connectivity index (χ1) is 14.2. The summed E-state index contributed by atoms with van der Waals surface area (Å²) in [7, 11) is 0. The second-order valence-electron chi connectivity index (χ2n) is 6.31. The number of hydrogen-bond acceptors (Lipinski definition) is 5. The molecule has 0 unspecified atom stereocenters. The second-order valence-corrected chi connectivity index (χ2v) is 7.25. The molecule has 0 aliphatic rings. The van der Waals surface area contributed by atoms with Crippen LogP contribution >= 0.6 is 11.8 Å². The molecule has 152 valence electrons. The number of imidazole rings is 1. The van der Waals surface area contributed by atoms with Crippen molar-refractivity contribution in [3.8, 4) is 17.2 Å². The Balaban J connectivity index is 1.40. The van der Waals surface area contributed by atoms with Gasteiger partial charge in [0, 0.05) is 18.1 Å². The number of carbonyl (C=O) groups excluding carboxylic acids is 1. The van der Waals surface area contributed by atoms with Crippen LogP contribution in [0.3, 0.4) is 0 Å². The van der Waals surface area contributed by atoms with Gasteiger partial charge in [-0.05, 0) is 55.8 Å². The van der Waals surface area contributed by atoms with Crippen LogP contribution in [0.4, 0.5) is 0 Å². The number of thioether (sulfide) groups is 1. The number of nitrogens with one attached hydrogen (secondary N) is 1. The van der Waals surface area contributed by atoms with Gasteiger partial charge in [-0.25, -0.2) is 4.98 Å². The predicted molar refractivity (Wildman–Crippen MR) is 115 cm³/mol. The molecule has 0 atom stereocenters. The lowest BCUT2D eigenvalue weighted by Crippen LogP contribution is -2.29. The van der Waals surface area contributed by atoms with Crippen LogP contribution in [-0.4, -0.2) is 41.0 Å². The molecule has 1 heterocycles. The van der Waals surface area contributed by atoms with Gasteiger partial charge in [0.05, 0.1) is 18.9 Å². The van der Waals surface area contributed by atoms with Crippen LogP contribution < -0.4 is 14.8 Å². The lowest BCUT2D eigenvalue weighted by molar-refractivity contribution is -0.118. The predicted octanol–water partition coefficient (Wildman–Crippen LogP) is 3.87. The van der Waals surface area contributed by atoms with Gasteiger partial charge >= 0.3 is 0 Å². The minimum atomic E-state index is -0.0518. The quantitative estimate of drug-likeness (QED) is 0.405. The minimum Gasteiger partial charge on any atom is -0.494 e.